The molecule has 160 valence electrons. The summed E-state index contributed by atoms with van der Waals surface area (Å²) in [6.45, 7) is 8.47. The third kappa shape index (κ3) is 4.35. The van der Waals surface area contributed by atoms with E-state index in [4.69, 9.17) is 21.6 Å². The van der Waals surface area contributed by atoms with Crippen LogP contribution in [0.4, 0.5) is 10.8 Å². The molecule has 0 fully saturated rings. The van der Waals surface area contributed by atoms with Crippen LogP contribution in [0.25, 0.3) is 11.0 Å². The SMILES string of the molecule is CCn1c(SCc2csc(N(C(C)=O)c3c(C)cc(C)cc3Cl)n2)nc2ccccc21. The maximum Gasteiger partial charge on any atom is 0.230 e. The summed E-state index contributed by atoms with van der Waals surface area (Å²) < 4.78 is 2.21. The van der Waals surface area contributed by atoms with E-state index >= 15 is 0 Å². The summed E-state index contributed by atoms with van der Waals surface area (Å²) in [5.41, 5.74) is 5.75. The number of halogens is 1. The van der Waals surface area contributed by atoms with Crippen LogP contribution in [0.15, 0.2) is 46.9 Å². The van der Waals surface area contributed by atoms with E-state index in [-0.39, 0.29) is 5.91 Å². The van der Waals surface area contributed by atoms with Crippen LogP contribution in [0.5, 0.6) is 0 Å². The van der Waals surface area contributed by atoms with Gasteiger partial charge in [-0.3, -0.25) is 9.69 Å². The molecule has 0 saturated carbocycles. The number of amides is 1. The Labute approximate surface area is 195 Å². The highest BCUT2D eigenvalue weighted by atomic mass is 35.5. The van der Waals surface area contributed by atoms with Crippen LogP contribution in [0.2, 0.25) is 5.02 Å². The zero-order valence-corrected chi connectivity index (χ0v) is 20.2. The van der Waals surface area contributed by atoms with Gasteiger partial charge in [-0.1, -0.05) is 41.6 Å². The lowest BCUT2D eigenvalue weighted by atomic mass is 10.1. The molecule has 0 atom stereocenters. The Kier molecular flexibility index (Phi) is 6.36. The van der Waals surface area contributed by atoms with Crippen LogP contribution >= 0.6 is 34.7 Å². The second-order valence-electron chi connectivity index (χ2n) is 7.30. The molecule has 0 N–H and O–H groups in total. The molecule has 0 spiro atoms. The van der Waals surface area contributed by atoms with Crippen LogP contribution in [0, 0.1) is 13.8 Å². The fraction of sp³-hybridized carbons (Fsp3) is 0.261. The molecule has 0 saturated heterocycles. The summed E-state index contributed by atoms with van der Waals surface area (Å²) in [4.78, 5) is 23.6. The number of para-hydroxylation sites is 2. The van der Waals surface area contributed by atoms with E-state index in [1.807, 2.05) is 49.6 Å². The molecule has 31 heavy (non-hydrogen) atoms. The van der Waals surface area contributed by atoms with Crippen molar-refractivity contribution >= 4 is 62.5 Å². The third-order valence-electron chi connectivity index (χ3n) is 4.95. The maximum atomic E-state index is 12.5. The number of fused-ring (bicyclic) bond motifs is 1. The molecule has 0 bridgehead atoms. The number of carbonyl (C=O) groups excluding carboxylic acids is 1. The third-order valence-corrected chi connectivity index (χ3v) is 7.13. The Morgan fingerprint density at radius 2 is 2.00 bits per heavy atom. The van der Waals surface area contributed by atoms with Crippen molar-refractivity contribution in [3.05, 3.63) is 63.6 Å². The molecule has 2 aromatic carbocycles. The van der Waals surface area contributed by atoms with Gasteiger partial charge in [0.1, 0.15) is 0 Å². The molecule has 0 aliphatic rings. The van der Waals surface area contributed by atoms with Gasteiger partial charge in [-0.15, -0.1) is 11.3 Å². The highest BCUT2D eigenvalue weighted by Crippen LogP contribution is 2.38. The molecular weight excluding hydrogens is 448 g/mol. The second-order valence-corrected chi connectivity index (χ2v) is 9.49. The fourth-order valence-electron chi connectivity index (χ4n) is 3.65. The van der Waals surface area contributed by atoms with Gasteiger partial charge < -0.3 is 4.57 Å². The van der Waals surface area contributed by atoms with Crippen LogP contribution in [0.3, 0.4) is 0 Å². The molecule has 0 unspecified atom stereocenters. The first-order chi connectivity index (χ1) is 14.9. The standard InChI is InChI=1S/C23H23ClN4OS2/c1-5-27-20-9-7-6-8-19(20)26-22(27)30-12-17-13-31-23(25-17)28(16(4)29)21-15(3)10-14(2)11-18(21)24/h6-11,13H,5,12H2,1-4H3. The minimum atomic E-state index is -0.116. The van der Waals surface area contributed by atoms with Crippen LogP contribution in [-0.2, 0) is 17.1 Å². The number of thioether (sulfide) groups is 1. The smallest absolute Gasteiger partial charge is 0.230 e. The van der Waals surface area contributed by atoms with Gasteiger partial charge in [0.05, 0.1) is 27.4 Å². The average molecular weight is 471 g/mol. The van der Waals surface area contributed by atoms with Crippen molar-refractivity contribution in [2.75, 3.05) is 4.90 Å². The number of hydrogen-bond donors (Lipinski definition) is 0. The minimum Gasteiger partial charge on any atom is -0.319 e. The van der Waals surface area contributed by atoms with Gasteiger partial charge in [0.2, 0.25) is 5.91 Å². The molecule has 0 radical (unpaired) electrons. The van der Waals surface area contributed by atoms with E-state index in [0.29, 0.717) is 21.6 Å². The monoisotopic (exact) mass is 470 g/mol. The molecule has 0 aliphatic heterocycles. The topological polar surface area (TPSA) is 51.0 Å². The number of rotatable bonds is 6. The predicted molar refractivity (Wildman–Crippen MR) is 131 cm³/mol. The second kappa shape index (κ2) is 9.02. The molecule has 8 heteroatoms. The quantitative estimate of drug-likeness (QED) is 0.292. The Balaban J connectivity index is 1.60. The fourth-order valence-corrected chi connectivity index (χ4v) is 6.01. The average Bonchev–Trinajstić information content (AvgIpc) is 3.32. The van der Waals surface area contributed by atoms with E-state index in [1.54, 1.807) is 16.7 Å². The van der Waals surface area contributed by atoms with E-state index < -0.39 is 0 Å². The first kappa shape index (κ1) is 21.9. The molecule has 0 aliphatic carbocycles. The van der Waals surface area contributed by atoms with Crippen molar-refractivity contribution in [3.63, 3.8) is 0 Å². The lowest BCUT2D eigenvalue weighted by Gasteiger charge is -2.22. The highest BCUT2D eigenvalue weighted by Gasteiger charge is 2.23. The number of aromatic nitrogens is 3. The Morgan fingerprint density at radius 1 is 1.23 bits per heavy atom. The molecule has 4 aromatic rings. The zero-order valence-electron chi connectivity index (χ0n) is 17.8. The Bertz CT molecular complexity index is 1240. The van der Waals surface area contributed by atoms with Gasteiger partial charge >= 0.3 is 0 Å². The summed E-state index contributed by atoms with van der Waals surface area (Å²) >= 11 is 9.61. The molecule has 2 heterocycles. The normalized spacial score (nSPS) is 11.3. The number of thiazole rings is 1. The van der Waals surface area contributed by atoms with Gasteiger partial charge in [0.25, 0.3) is 0 Å². The highest BCUT2D eigenvalue weighted by molar-refractivity contribution is 7.98. The summed E-state index contributed by atoms with van der Waals surface area (Å²) in [5, 5.41) is 4.14. The van der Waals surface area contributed by atoms with Crippen LogP contribution in [-0.4, -0.2) is 20.4 Å². The number of carbonyl (C=O) groups is 1. The van der Waals surface area contributed by atoms with Crippen molar-refractivity contribution in [2.45, 2.75) is 45.1 Å². The van der Waals surface area contributed by atoms with Crippen molar-refractivity contribution in [1.29, 1.82) is 0 Å². The lowest BCUT2D eigenvalue weighted by molar-refractivity contribution is -0.115. The van der Waals surface area contributed by atoms with E-state index in [0.717, 1.165) is 39.6 Å². The minimum absolute atomic E-state index is 0.116. The van der Waals surface area contributed by atoms with Gasteiger partial charge in [-0.05, 0) is 50.1 Å². The largest absolute Gasteiger partial charge is 0.319 e. The van der Waals surface area contributed by atoms with Crippen molar-refractivity contribution in [3.8, 4) is 0 Å². The number of benzene rings is 2. The van der Waals surface area contributed by atoms with Gasteiger partial charge in [0, 0.05) is 24.6 Å². The summed E-state index contributed by atoms with van der Waals surface area (Å²) in [6, 6.07) is 12.1. The van der Waals surface area contributed by atoms with Crippen LogP contribution < -0.4 is 4.90 Å². The number of aryl methyl sites for hydroxylation is 3. The Morgan fingerprint density at radius 3 is 2.71 bits per heavy atom. The van der Waals surface area contributed by atoms with Gasteiger partial charge in [-0.25, -0.2) is 9.97 Å². The lowest BCUT2D eigenvalue weighted by Crippen LogP contribution is -2.24. The zero-order chi connectivity index (χ0) is 22.1. The van der Waals surface area contributed by atoms with Gasteiger partial charge in [-0.2, -0.15) is 0 Å². The maximum absolute atomic E-state index is 12.5. The van der Waals surface area contributed by atoms with Crippen LogP contribution in [0.1, 0.15) is 30.7 Å². The van der Waals surface area contributed by atoms with E-state index in [9.17, 15) is 4.79 Å². The summed E-state index contributed by atoms with van der Waals surface area (Å²) in [7, 11) is 0. The van der Waals surface area contributed by atoms with E-state index in [2.05, 4.69) is 17.6 Å². The first-order valence-electron chi connectivity index (χ1n) is 9.99. The molecule has 4 rings (SSSR count). The Hall–Kier alpha value is -2.35. The molecule has 2 aromatic heterocycles. The van der Waals surface area contributed by atoms with Gasteiger partial charge in [0.15, 0.2) is 10.3 Å². The van der Waals surface area contributed by atoms with E-state index in [1.165, 1.54) is 18.3 Å². The molecule has 5 nitrogen and oxygen atoms in total. The summed E-state index contributed by atoms with van der Waals surface area (Å²) in [5.74, 6) is 0.557. The predicted octanol–water partition coefficient (Wildman–Crippen LogP) is 6.76. The van der Waals surface area contributed by atoms with Crippen molar-refractivity contribution < 1.29 is 4.79 Å². The summed E-state index contributed by atoms with van der Waals surface area (Å²) in [6.07, 6.45) is 0. The molecule has 1 amide bonds. The van der Waals surface area contributed by atoms with Crippen molar-refractivity contribution in [2.24, 2.45) is 0 Å². The number of nitrogens with zero attached hydrogens (tertiary/aromatic N) is 4. The first-order valence-corrected chi connectivity index (χ1v) is 12.2. The number of imidazole rings is 1. The number of anilines is 2. The number of hydrogen-bond acceptors (Lipinski definition) is 5. The van der Waals surface area contributed by atoms with Crippen molar-refractivity contribution in [1.82, 2.24) is 14.5 Å². The molecular formula is C23H23ClN4OS2.